The second-order valence-corrected chi connectivity index (χ2v) is 10.00. The molecule has 0 amide bonds. The number of benzene rings is 1. The summed E-state index contributed by atoms with van der Waals surface area (Å²) in [6.07, 6.45) is 2.72. The number of piperazine rings is 1. The summed E-state index contributed by atoms with van der Waals surface area (Å²) in [6, 6.07) is 10.8. The van der Waals surface area contributed by atoms with Crippen molar-refractivity contribution in [2.24, 2.45) is 0 Å². The fourth-order valence-electron chi connectivity index (χ4n) is 5.03. The maximum absolute atomic E-state index is 10.00. The lowest BCUT2D eigenvalue weighted by molar-refractivity contribution is 0.108. The third-order valence-corrected chi connectivity index (χ3v) is 7.61. The van der Waals surface area contributed by atoms with Gasteiger partial charge in [0.1, 0.15) is 30.0 Å². The van der Waals surface area contributed by atoms with Crippen molar-refractivity contribution in [3.63, 3.8) is 0 Å². The van der Waals surface area contributed by atoms with Gasteiger partial charge in [0.05, 0.1) is 17.0 Å². The summed E-state index contributed by atoms with van der Waals surface area (Å²) in [6.45, 7) is 6.51. The van der Waals surface area contributed by atoms with Crippen LogP contribution in [0.2, 0.25) is 0 Å². The van der Waals surface area contributed by atoms with E-state index in [1.807, 2.05) is 50.1 Å². The normalized spacial score (nSPS) is 20.5. The zero-order valence-electron chi connectivity index (χ0n) is 20.6. The fourth-order valence-corrected chi connectivity index (χ4v) is 5.81. The number of anilines is 1. The Hall–Kier alpha value is -2.66. The van der Waals surface area contributed by atoms with Crippen molar-refractivity contribution in [1.29, 1.82) is 0 Å². The van der Waals surface area contributed by atoms with Gasteiger partial charge in [0.25, 0.3) is 0 Å². The van der Waals surface area contributed by atoms with Crippen LogP contribution in [-0.2, 0) is 0 Å². The van der Waals surface area contributed by atoms with Gasteiger partial charge in [-0.3, -0.25) is 0 Å². The molecule has 3 unspecified atom stereocenters. The molecule has 4 heterocycles. The quantitative estimate of drug-likeness (QED) is 0.430. The molecule has 0 spiro atoms. The van der Waals surface area contributed by atoms with Crippen LogP contribution in [0.1, 0.15) is 17.9 Å². The zero-order chi connectivity index (χ0) is 24.5. The number of likely N-dealkylation sites (N-methyl/N-ethyl adjacent to an activating group) is 1. The summed E-state index contributed by atoms with van der Waals surface area (Å²) in [5, 5.41) is 17.1. The van der Waals surface area contributed by atoms with Gasteiger partial charge >= 0.3 is 0 Å². The molecular formula is C25H32N6O3S. The van der Waals surface area contributed by atoms with Gasteiger partial charge in [-0.1, -0.05) is 29.2 Å². The number of hydrogen-bond acceptors (Lipinski definition) is 10. The van der Waals surface area contributed by atoms with Gasteiger partial charge < -0.3 is 24.6 Å². The predicted octanol–water partition coefficient (Wildman–Crippen LogP) is 2.92. The van der Waals surface area contributed by atoms with Crippen LogP contribution in [-0.4, -0.2) is 82.3 Å². The van der Waals surface area contributed by atoms with E-state index in [4.69, 9.17) is 19.2 Å². The van der Waals surface area contributed by atoms with E-state index in [-0.39, 0.29) is 6.61 Å². The van der Waals surface area contributed by atoms with Gasteiger partial charge in [-0.15, -0.1) is 0 Å². The van der Waals surface area contributed by atoms with E-state index in [1.165, 1.54) is 0 Å². The minimum absolute atomic E-state index is 0.207. The molecule has 2 aliphatic rings. The highest BCUT2D eigenvalue weighted by Gasteiger charge is 2.44. The first-order chi connectivity index (χ1) is 17.0. The van der Waals surface area contributed by atoms with E-state index in [1.54, 1.807) is 7.05 Å². The van der Waals surface area contributed by atoms with Gasteiger partial charge in [-0.25, -0.2) is 14.3 Å². The van der Waals surface area contributed by atoms with Gasteiger partial charge in [0, 0.05) is 43.3 Å². The molecule has 2 N–H and O–H groups in total. The van der Waals surface area contributed by atoms with Crippen LogP contribution in [0.15, 0.2) is 34.9 Å². The Kier molecular flexibility index (Phi) is 6.97. The van der Waals surface area contributed by atoms with E-state index in [0.717, 1.165) is 53.6 Å². The third kappa shape index (κ3) is 4.88. The van der Waals surface area contributed by atoms with Crippen molar-refractivity contribution >= 4 is 17.8 Å². The molecule has 3 aromatic rings. The Bertz CT molecular complexity index is 1170. The predicted molar refractivity (Wildman–Crippen MR) is 138 cm³/mol. The number of aliphatic hydroxyl groups excluding tert-OH is 1. The monoisotopic (exact) mass is 496 g/mol. The summed E-state index contributed by atoms with van der Waals surface area (Å²) in [5.41, 5.74) is 3.38. The number of nitrogens with one attached hydrogen (secondary N) is 1. The molecule has 0 saturated carbocycles. The Labute approximate surface area is 210 Å². The highest BCUT2D eigenvalue weighted by Crippen LogP contribution is 2.39. The number of nitrogens with zero attached hydrogens (tertiary/aromatic N) is 5. The summed E-state index contributed by atoms with van der Waals surface area (Å²) >= 11 is 1.83. The van der Waals surface area contributed by atoms with E-state index in [0.29, 0.717) is 30.2 Å². The van der Waals surface area contributed by atoms with E-state index in [9.17, 15) is 5.11 Å². The van der Waals surface area contributed by atoms with E-state index >= 15 is 0 Å². The minimum Gasteiger partial charge on any atom is -0.491 e. The molecule has 9 nitrogen and oxygen atoms in total. The molecule has 35 heavy (non-hydrogen) atoms. The number of fused-ring (bicyclic) bond motifs is 2. The molecule has 2 bridgehead atoms. The molecule has 2 fully saturated rings. The minimum atomic E-state index is -0.583. The number of rotatable bonds is 9. The maximum atomic E-state index is 10.00. The summed E-state index contributed by atoms with van der Waals surface area (Å²) in [4.78, 5) is 12.4. The van der Waals surface area contributed by atoms with Gasteiger partial charge in [0.15, 0.2) is 5.82 Å². The second-order valence-electron chi connectivity index (χ2n) is 9.16. The maximum Gasteiger partial charge on any atom is 0.162 e. The molecule has 3 atom stereocenters. The highest BCUT2D eigenvalue weighted by atomic mass is 32.2. The Morgan fingerprint density at radius 3 is 2.77 bits per heavy atom. The molecule has 10 heteroatoms. The molecule has 5 rings (SSSR count). The van der Waals surface area contributed by atoms with Crippen molar-refractivity contribution in [1.82, 2.24) is 24.7 Å². The van der Waals surface area contributed by atoms with Crippen LogP contribution in [0.25, 0.3) is 22.6 Å². The Morgan fingerprint density at radius 1 is 1.23 bits per heavy atom. The number of ether oxygens (including phenoxy) is 1. The summed E-state index contributed by atoms with van der Waals surface area (Å²) in [5.74, 6) is 2.96. The lowest BCUT2D eigenvalue weighted by atomic mass is 10.1. The van der Waals surface area contributed by atoms with Crippen LogP contribution < -0.4 is 15.0 Å². The lowest BCUT2D eigenvalue weighted by Crippen LogP contribution is -2.43. The molecule has 0 aliphatic carbocycles. The summed E-state index contributed by atoms with van der Waals surface area (Å²) < 4.78 is 13.8. The van der Waals surface area contributed by atoms with Crippen LogP contribution in [0.5, 0.6) is 5.75 Å². The summed E-state index contributed by atoms with van der Waals surface area (Å²) in [7, 11) is 1.80. The number of hydrogen-bond donors (Lipinski definition) is 2. The average Bonchev–Trinajstić information content (AvgIpc) is 3.57. The lowest BCUT2D eigenvalue weighted by Gasteiger charge is -2.33. The molecule has 2 aromatic heterocycles. The highest BCUT2D eigenvalue weighted by molar-refractivity contribution is 7.96. The van der Waals surface area contributed by atoms with Gasteiger partial charge in [-0.05, 0) is 45.7 Å². The van der Waals surface area contributed by atoms with E-state index < -0.39 is 6.10 Å². The SMILES string of the molecule is CNCC(O)COc1cccc(-c2nc(-c3c(C)noc3C)cc(N3CC4CC3CN4SC)n2)c1. The van der Waals surface area contributed by atoms with Crippen molar-refractivity contribution < 1.29 is 14.4 Å². The molecule has 2 saturated heterocycles. The van der Waals surface area contributed by atoms with Crippen LogP contribution >= 0.6 is 11.9 Å². The number of aromatic nitrogens is 3. The van der Waals surface area contributed by atoms with E-state index in [2.05, 4.69) is 32.0 Å². The van der Waals surface area contributed by atoms with Crippen molar-refractivity contribution in [2.45, 2.75) is 38.5 Å². The topological polar surface area (TPSA) is 99.8 Å². The largest absolute Gasteiger partial charge is 0.491 e. The first-order valence-electron chi connectivity index (χ1n) is 11.9. The van der Waals surface area contributed by atoms with Gasteiger partial charge in [-0.2, -0.15) is 0 Å². The van der Waals surface area contributed by atoms with Crippen LogP contribution in [0.4, 0.5) is 5.82 Å². The zero-order valence-corrected chi connectivity index (χ0v) is 21.4. The number of aryl methyl sites for hydroxylation is 2. The average molecular weight is 497 g/mol. The van der Waals surface area contributed by atoms with Gasteiger partial charge in [0.2, 0.25) is 0 Å². The fraction of sp³-hybridized carbons (Fsp3) is 0.480. The van der Waals surface area contributed by atoms with Crippen molar-refractivity contribution in [3.05, 3.63) is 41.8 Å². The number of aliphatic hydroxyl groups is 1. The molecular weight excluding hydrogens is 464 g/mol. The molecule has 0 radical (unpaired) electrons. The standard InChI is InChI=1S/C25H32N6O3S/c1-15-24(16(2)34-29-15)22-10-23(30-12-19-9-18(30)13-31(19)35-4)28-25(27-22)17-6-5-7-21(8-17)33-14-20(32)11-26-3/h5-8,10,18-20,26,32H,9,11-14H2,1-4H3. The Morgan fingerprint density at radius 2 is 2.09 bits per heavy atom. The first kappa shape index (κ1) is 24.1. The first-order valence-corrected chi connectivity index (χ1v) is 13.1. The van der Waals surface area contributed by atoms with Crippen molar-refractivity contribution in [3.8, 4) is 28.4 Å². The van der Waals surface area contributed by atoms with Crippen LogP contribution in [0, 0.1) is 13.8 Å². The van der Waals surface area contributed by atoms with Crippen molar-refractivity contribution in [2.75, 3.05) is 44.4 Å². The smallest absolute Gasteiger partial charge is 0.162 e. The molecule has 2 aliphatic heterocycles. The second kappa shape index (κ2) is 10.1. The third-order valence-electron chi connectivity index (χ3n) is 6.70. The van der Waals surface area contributed by atoms with Crippen LogP contribution in [0.3, 0.4) is 0 Å². The Balaban J connectivity index is 1.50. The molecule has 186 valence electrons. The molecule has 1 aromatic carbocycles.